The Labute approximate surface area is 123 Å². The van der Waals surface area contributed by atoms with Gasteiger partial charge in [-0.1, -0.05) is 11.6 Å². The highest BCUT2D eigenvalue weighted by molar-refractivity contribution is 7.91. The fourth-order valence-corrected chi connectivity index (χ4v) is 4.41. The summed E-state index contributed by atoms with van der Waals surface area (Å²) in [5.41, 5.74) is 1.72. The fourth-order valence-electron chi connectivity index (χ4n) is 2.60. The van der Waals surface area contributed by atoms with Crippen molar-refractivity contribution in [2.45, 2.75) is 18.9 Å². The summed E-state index contributed by atoms with van der Waals surface area (Å²) in [7, 11) is -2.91. The van der Waals surface area contributed by atoms with E-state index in [1.807, 2.05) is 18.2 Å². The number of nitrogens with one attached hydrogen (secondary N) is 1. The number of fused-ring (bicyclic) bond motifs is 1. The van der Waals surface area contributed by atoms with E-state index >= 15 is 0 Å². The number of hydrogen-bond acceptors (Lipinski definition) is 4. The van der Waals surface area contributed by atoms with Gasteiger partial charge in [0, 0.05) is 28.3 Å². The first kappa shape index (κ1) is 13.6. The molecule has 1 unspecified atom stereocenters. The normalized spacial score (nSPS) is 21.8. The van der Waals surface area contributed by atoms with Gasteiger partial charge >= 0.3 is 0 Å². The minimum atomic E-state index is -2.91. The van der Waals surface area contributed by atoms with Crippen LogP contribution in [0.3, 0.4) is 0 Å². The predicted octanol–water partition coefficient (Wildman–Crippen LogP) is 2.88. The number of nitrogens with zero attached hydrogens (tertiary/aromatic N) is 1. The minimum absolute atomic E-state index is 0.0324. The molecule has 1 aliphatic rings. The van der Waals surface area contributed by atoms with Gasteiger partial charge in [0.05, 0.1) is 17.0 Å². The predicted molar refractivity (Wildman–Crippen MR) is 82.1 cm³/mol. The maximum absolute atomic E-state index is 11.7. The maximum Gasteiger partial charge on any atom is 0.152 e. The number of aromatic nitrogens is 1. The Balaban J connectivity index is 1.91. The van der Waals surface area contributed by atoms with E-state index in [2.05, 4.69) is 10.3 Å². The zero-order valence-corrected chi connectivity index (χ0v) is 12.4. The summed E-state index contributed by atoms with van der Waals surface area (Å²) in [6, 6.07) is 7.37. The summed E-state index contributed by atoms with van der Waals surface area (Å²) in [6.07, 6.45) is 3.30. The molecule has 0 spiro atoms. The van der Waals surface area contributed by atoms with Gasteiger partial charge in [-0.15, -0.1) is 0 Å². The molecule has 1 fully saturated rings. The van der Waals surface area contributed by atoms with Crippen molar-refractivity contribution in [2.75, 3.05) is 16.8 Å². The van der Waals surface area contributed by atoms with E-state index in [-0.39, 0.29) is 11.8 Å². The molecule has 2 aromatic rings. The largest absolute Gasteiger partial charge is 0.381 e. The summed E-state index contributed by atoms with van der Waals surface area (Å²) in [5.74, 6) is 0.502. The molecule has 106 valence electrons. The number of pyridine rings is 1. The molecule has 0 saturated carbocycles. The van der Waals surface area contributed by atoms with Crippen molar-refractivity contribution in [2.24, 2.45) is 0 Å². The van der Waals surface area contributed by atoms with Gasteiger partial charge in [-0.25, -0.2) is 8.42 Å². The van der Waals surface area contributed by atoms with Crippen molar-refractivity contribution in [3.05, 3.63) is 35.5 Å². The van der Waals surface area contributed by atoms with Crippen LogP contribution in [-0.4, -0.2) is 30.9 Å². The Morgan fingerprint density at radius 2 is 2.15 bits per heavy atom. The molecule has 20 heavy (non-hydrogen) atoms. The SMILES string of the molecule is O=S1(=O)CCCC(Nc2ccnc3cc(Cl)ccc23)C1. The molecule has 1 N–H and O–H groups in total. The summed E-state index contributed by atoms with van der Waals surface area (Å²) in [5, 5.41) is 4.94. The van der Waals surface area contributed by atoms with Crippen molar-refractivity contribution in [3.63, 3.8) is 0 Å². The molecule has 1 atom stereocenters. The lowest BCUT2D eigenvalue weighted by molar-refractivity contribution is 0.562. The number of hydrogen-bond donors (Lipinski definition) is 1. The first-order valence-electron chi connectivity index (χ1n) is 6.55. The van der Waals surface area contributed by atoms with Gasteiger partial charge < -0.3 is 5.32 Å². The van der Waals surface area contributed by atoms with Gasteiger partial charge in [-0.05, 0) is 37.1 Å². The van der Waals surface area contributed by atoms with Crippen LogP contribution in [0.5, 0.6) is 0 Å². The summed E-state index contributed by atoms with van der Waals surface area (Å²) < 4.78 is 23.4. The van der Waals surface area contributed by atoms with E-state index in [1.165, 1.54) is 0 Å². The number of anilines is 1. The molecule has 0 aliphatic carbocycles. The smallest absolute Gasteiger partial charge is 0.152 e. The average molecular weight is 311 g/mol. The Morgan fingerprint density at radius 3 is 2.95 bits per heavy atom. The lowest BCUT2D eigenvalue weighted by atomic mass is 10.1. The quantitative estimate of drug-likeness (QED) is 0.926. The Bertz CT molecular complexity index is 746. The molecule has 3 rings (SSSR count). The van der Waals surface area contributed by atoms with Gasteiger partial charge in [0.15, 0.2) is 9.84 Å². The van der Waals surface area contributed by atoms with E-state index < -0.39 is 9.84 Å². The van der Waals surface area contributed by atoms with Crippen molar-refractivity contribution >= 4 is 38.0 Å². The third kappa shape index (κ3) is 2.88. The van der Waals surface area contributed by atoms with Crippen LogP contribution in [0.2, 0.25) is 5.02 Å². The van der Waals surface area contributed by atoms with E-state index in [1.54, 1.807) is 12.3 Å². The first-order chi connectivity index (χ1) is 9.53. The second-order valence-corrected chi connectivity index (χ2v) is 7.78. The van der Waals surface area contributed by atoms with Crippen LogP contribution < -0.4 is 5.32 Å². The molecule has 6 heteroatoms. The lowest BCUT2D eigenvalue weighted by Crippen LogP contribution is -2.34. The molecule has 1 aromatic heterocycles. The van der Waals surface area contributed by atoms with Crippen LogP contribution in [0.1, 0.15) is 12.8 Å². The fraction of sp³-hybridized carbons (Fsp3) is 0.357. The van der Waals surface area contributed by atoms with Gasteiger partial charge in [-0.3, -0.25) is 4.98 Å². The van der Waals surface area contributed by atoms with E-state index in [0.29, 0.717) is 10.8 Å². The Kier molecular flexibility index (Phi) is 3.56. The average Bonchev–Trinajstić information content (AvgIpc) is 2.37. The zero-order valence-electron chi connectivity index (χ0n) is 10.8. The van der Waals surface area contributed by atoms with Crippen LogP contribution in [-0.2, 0) is 9.84 Å². The highest BCUT2D eigenvalue weighted by Gasteiger charge is 2.24. The van der Waals surface area contributed by atoms with Crippen LogP contribution in [0.15, 0.2) is 30.5 Å². The topological polar surface area (TPSA) is 59.1 Å². The minimum Gasteiger partial charge on any atom is -0.381 e. The van der Waals surface area contributed by atoms with Crippen LogP contribution in [0, 0.1) is 0 Å². The van der Waals surface area contributed by atoms with Gasteiger partial charge in [-0.2, -0.15) is 0 Å². The van der Waals surface area contributed by atoms with E-state index in [9.17, 15) is 8.42 Å². The molecule has 0 bridgehead atoms. The molecule has 1 aromatic carbocycles. The molecular formula is C14H15ClN2O2S. The van der Waals surface area contributed by atoms with E-state index in [0.717, 1.165) is 29.4 Å². The van der Waals surface area contributed by atoms with Crippen molar-refractivity contribution in [3.8, 4) is 0 Å². The number of halogens is 1. The molecule has 0 amide bonds. The standard InChI is InChI=1S/C14H15ClN2O2S/c15-10-3-4-12-13(5-6-16-14(12)8-10)17-11-2-1-7-20(18,19)9-11/h3-6,8,11H,1-2,7,9H2,(H,16,17). The molecule has 1 saturated heterocycles. The number of sulfone groups is 1. The maximum atomic E-state index is 11.7. The highest BCUT2D eigenvalue weighted by Crippen LogP contribution is 2.26. The Morgan fingerprint density at radius 1 is 1.30 bits per heavy atom. The number of rotatable bonds is 2. The monoisotopic (exact) mass is 310 g/mol. The second kappa shape index (κ2) is 5.22. The van der Waals surface area contributed by atoms with Crippen molar-refractivity contribution < 1.29 is 8.42 Å². The van der Waals surface area contributed by atoms with E-state index in [4.69, 9.17) is 11.6 Å². The van der Waals surface area contributed by atoms with Gasteiger partial charge in [0.25, 0.3) is 0 Å². The molecule has 1 aliphatic heterocycles. The number of benzene rings is 1. The molecule has 4 nitrogen and oxygen atoms in total. The van der Waals surface area contributed by atoms with Crippen LogP contribution in [0.4, 0.5) is 5.69 Å². The Hall–Kier alpha value is -1.33. The second-order valence-electron chi connectivity index (χ2n) is 5.12. The van der Waals surface area contributed by atoms with Crippen LogP contribution in [0.25, 0.3) is 10.9 Å². The lowest BCUT2D eigenvalue weighted by Gasteiger charge is -2.24. The molecule has 2 heterocycles. The summed E-state index contributed by atoms with van der Waals surface area (Å²) in [6.45, 7) is 0. The molecular weight excluding hydrogens is 296 g/mol. The summed E-state index contributed by atoms with van der Waals surface area (Å²) >= 11 is 5.96. The third-order valence-electron chi connectivity index (χ3n) is 3.53. The van der Waals surface area contributed by atoms with Crippen molar-refractivity contribution in [1.82, 2.24) is 4.98 Å². The first-order valence-corrected chi connectivity index (χ1v) is 8.75. The van der Waals surface area contributed by atoms with Gasteiger partial charge in [0.2, 0.25) is 0 Å². The van der Waals surface area contributed by atoms with Crippen LogP contribution >= 0.6 is 11.6 Å². The highest BCUT2D eigenvalue weighted by atomic mass is 35.5. The summed E-state index contributed by atoms with van der Waals surface area (Å²) in [4.78, 5) is 4.28. The third-order valence-corrected chi connectivity index (χ3v) is 5.58. The molecule has 0 radical (unpaired) electrons. The zero-order chi connectivity index (χ0) is 14.2. The van der Waals surface area contributed by atoms with Crippen molar-refractivity contribution in [1.29, 1.82) is 0 Å². The van der Waals surface area contributed by atoms with Gasteiger partial charge in [0.1, 0.15) is 0 Å².